The summed E-state index contributed by atoms with van der Waals surface area (Å²) in [5, 5.41) is 5.72. The number of para-hydroxylation sites is 2. The maximum atomic E-state index is 12.4. The predicted molar refractivity (Wildman–Crippen MR) is 113 cm³/mol. The van der Waals surface area contributed by atoms with Crippen molar-refractivity contribution >= 4 is 23.2 Å². The third-order valence-corrected chi connectivity index (χ3v) is 4.43. The van der Waals surface area contributed by atoms with Crippen LogP contribution in [0.4, 0.5) is 11.4 Å². The first-order valence-electron chi connectivity index (χ1n) is 9.64. The number of carbonyl (C=O) groups excluding carboxylic acids is 2. The monoisotopic (exact) mass is 383 g/mol. The molecule has 2 aromatic rings. The molecular formula is C22H29N3O3. The molecule has 6 heteroatoms. The van der Waals surface area contributed by atoms with Crippen LogP contribution in [0.5, 0.6) is 5.75 Å². The Labute approximate surface area is 166 Å². The molecule has 0 radical (unpaired) electrons. The van der Waals surface area contributed by atoms with Gasteiger partial charge in [-0.2, -0.15) is 0 Å². The number of benzene rings is 2. The highest BCUT2D eigenvalue weighted by Crippen LogP contribution is 2.23. The Morgan fingerprint density at radius 1 is 1.00 bits per heavy atom. The van der Waals surface area contributed by atoms with Crippen LogP contribution >= 0.6 is 0 Å². The standard InChI is InChI=1S/C22H29N3O3/c1-4-6-15-25(5-2)16-21(26)23-18-13-11-17(12-14-18)22(27)24-19-9-7-8-10-20(19)28-3/h7-14H,4-6,15-16H2,1-3H3,(H,23,26)(H,24,27). The number of carbonyl (C=O) groups is 2. The molecule has 0 spiro atoms. The average Bonchev–Trinajstić information content (AvgIpc) is 2.71. The molecule has 0 aliphatic rings. The van der Waals surface area contributed by atoms with E-state index >= 15 is 0 Å². The number of hydrogen-bond acceptors (Lipinski definition) is 4. The maximum Gasteiger partial charge on any atom is 0.255 e. The van der Waals surface area contributed by atoms with Crippen LogP contribution in [0.15, 0.2) is 48.5 Å². The number of likely N-dealkylation sites (N-methyl/N-ethyl adjacent to an activating group) is 1. The van der Waals surface area contributed by atoms with Gasteiger partial charge in [0.05, 0.1) is 19.3 Å². The summed E-state index contributed by atoms with van der Waals surface area (Å²) in [5.41, 5.74) is 1.78. The van der Waals surface area contributed by atoms with E-state index in [2.05, 4.69) is 29.4 Å². The Hall–Kier alpha value is -2.86. The molecule has 0 aromatic heterocycles. The van der Waals surface area contributed by atoms with Gasteiger partial charge in [-0.3, -0.25) is 14.5 Å². The number of amides is 2. The van der Waals surface area contributed by atoms with Crippen molar-refractivity contribution in [2.45, 2.75) is 26.7 Å². The molecule has 150 valence electrons. The molecule has 6 nitrogen and oxygen atoms in total. The van der Waals surface area contributed by atoms with Crippen molar-refractivity contribution in [3.05, 3.63) is 54.1 Å². The zero-order valence-electron chi connectivity index (χ0n) is 16.8. The first-order chi connectivity index (χ1) is 13.6. The highest BCUT2D eigenvalue weighted by atomic mass is 16.5. The fraction of sp³-hybridized carbons (Fsp3) is 0.364. The van der Waals surface area contributed by atoms with Gasteiger partial charge in [0.25, 0.3) is 5.91 Å². The molecule has 0 fully saturated rings. The summed E-state index contributed by atoms with van der Waals surface area (Å²) in [6, 6.07) is 14.1. The molecule has 0 atom stereocenters. The number of anilines is 2. The van der Waals surface area contributed by atoms with Crippen molar-refractivity contribution in [3.8, 4) is 5.75 Å². The number of nitrogens with zero attached hydrogens (tertiary/aromatic N) is 1. The molecule has 2 amide bonds. The van der Waals surface area contributed by atoms with Gasteiger partial charge in [-0.1, -0.05) is 32.4 Å². The van der Waals surface area contributed by atoms with Gasteiger partial charge in [0.15, 0.2) is 0 Å². The second-order valence-electron chi connectivity index (χ2n) is 6.50. The number of ether oxygens (including phenoxy) is 1. The van der Waals surface area contributed by atoms with Crippen LogP contribution in [-0.4, -0.2) is 43.5 Å². The molecule has 2 rings (SSSR count). The topological polar surface area (TPSA) is 70.7 Å². The number of hydrogen-bond donors (Lipinski definition) is 2. The van der Waals surface area contributed by atoms with Gasteiger partial charge < -0.3 is 15.4 Å². The van der Waals surface area contributed by atoms with E-state index in [4.69, 9.17) is 4.74 Å². The van der Waals surface area contributed by atoms with Crippen molar-refractivity contribution in [2.75, 3.05) is 37.4 Å². The first-order valence-corrected chi connectivity index (χ1v) is 9.64. The normalized spacial score (nSPS) is 10.6. The lowest BCUT2D eigenvalue weighted by atomic mass is 10.2. The lowest BCUT2D eigenvalue weighted by Crippen LogP contribution is -2.33. The number of nitrogens with one attached hydrogen (secondary N) is 2. The third kappa shape index (κ3) is 6.39. The average molecular weight is 383 g/mol. The predicted octanol–water partition coefficient (Wildman–Crippen LogP) is 4.01. The Morgan fingerprint density at radius 2 is 1.71 bits per heavy atom. The Morgan fingerprint density at radius 3 is 2.36 bits per heavy atom. The minimum atomic E-state index is -0.237. The molecule has 0 unspecified atom stereocenters. The van der Waals surface area contributed by atoms with Crippen LogP contribution in [0.25, 0.3) is 0 Å². The van der Waals surface area contributed by atoms with Crippen molar-refractivity contribution in [3.63, 3.8) is 0 Å². The van der Waals surface area contributed by atoms with E-state index < -0.39 is 0 Å². The van der Waals surface area contributed by atoms with Gasteiger partial charge in [0.1, 0.15) is 5.75 Å². The summed E-state index contributed by atoms with van der Waals surface area (Å²) < 4.78 is 5.24. The van der Waals surface area contributed by atoms with Crippen LogP contribution in [0, 0.1) is 0 Å². The summed E-state index contributed by atoms with van der Waals surface area (Å²) in [4.78, 5) is 26.8. The number of rotatable bonds is 10. The lowest BCUT2D eigenvalue weighted by molar-refractivity contribution is -0.117. The maximum absolute atomic E-state index is 12.4. The fourth-order valence-corrected chi connectivity index (χ4v) is 2.78. The van der Waals surface area contributed by atoms with Crippen LogP contribution < -0.4 is 15.4 Å². The SMILES string of the molecule is CCCCN(CC)CC(=O)Nc1ccc(C(=O)Nc2ccccc2OC)cc1. The minimum Gasteiger partial charge on any atom is -0.495 e. The third-order valence-electron chi connectivity index (χ3n) is 4.43. The van der Waals surface area contributed by atoms with E-state index in [1.807, 2.05) is 12.1 Å². The fourth-order valence-electron chi connectivity index (χ4n) is 2.78. The van der Waals surface area contributed by atoms with E-state index in [0.29, 0.717) is 29.2 Å². The van der Waals surface area contributed by atoms with E-state index in [1.54, 1.807) is 43.5 Å². The van der Waals surface area contributed by atoms with Crippen LogP contribution in [0.3, 0.4) is 0 Å². The minimum absolute atomic E-state index is 0.0517. The van der Waals surface area contributed by atoms with Crippen LogP contribution in [0.2, 0.25) is 0 Å². The van der Waals surface area contributed by atoms with Gasteiger partial charge in [0.2, 0.25) is 5.91 Å². The van der Waals surface area contributed by atoms with Gasteiger partial charge in [-0.15, -0.1) is 0 Å². The second-order valence-corrected chi connectivity index (χ2v) is 6.50. The summed E-state index contributed by atoms with van der Waals surface area (Å²) in [7, 11) is 1.56. The van der Waals surface area contributed by atoms with E-state index in [9.17, 15) is 9.59 Å². The second kappa shape index (κ2) is 11.1. The summed E-state index contributed by atoms with van der Waals surface area (Å²) in [5.74, 6) is 0.312. The molecule has 0 bridgehead atoms. The molecule has 0 aliphatic carbocycles. The molecule has 0 saturated heterocycles. The summed E-state index contributed by atoms with van der Waals surface area (Å²) >= 11 is 0. The van der Waals surface area contributed by atoms with Crippen LogP contribution in [-0.2, 0) is 4.79 Å². The van der Waals surface area contributed by atoms with Gasteiger partial charge in [-0.25, -0.2) is 0 Å². The molecule has 2 N–H and O–H groups in total. The Kier molecular flexibility index (Phi) is 8.49. The van der Waals surface area contributed by atoms with Crippen LogP contribution in [0.1, 0.15) is 37.0 Å². The highest BCUT2D eigenvalue weighted by Gasteiger charge is 2.11. The molecular weight excluding hydrogens is 354 g/mol. The molecule has 0 aliphatic heterocycles. The molecule has 0 saturated carbocycles. The van der Waals surface area contributed by atoms with Crippen molar-refractivity contribution < 1.29 is 14.3 Å². The molecule has 2 aromatic carbocycles. The summed E-state index contributed by atoms with van der Waals surface area (Å²) in [6.07, 6.45) is 2.19. The number of unbranched alkanes of at least 4 members (excludes halogenated alkanes) is 1. The number of methoxy groups -OCH3 is 1. The highest BCUT2D eigenvalue weighted by molar-refractivity contribution is 6.05. The molecule has 0 heterocycles. The molecule has 28 heavy (non-hydrogen) atoms. The lowest BCUT2D eigenvalue weighted by Gasteiger charge is -2.19. The van der Waals surface area contributed by atoms with E-state index in [-0.39, 0.29) is 11.8 Å². The van der Waals surface area contributed by atoms with Gasteiger partial charge in [0, 0.05) is 11.3 Å². The van der Waals surface area contributed by atoms with Crippen molar-refractivity contribution in [2.24, 2.45) is 0 Å². The zero-order valence-corrected chi connectivity index (χ0v) is 16.8. The Bertz CT molecular complexity index is 775. The van der Waals surface area contributed by atoms with Crippen molar-refractivity contribution in [1.29, 1.82) is 0 Å². The van der Waals surface area contributed by atoms with E-state index in [0.717, 1.165) is 25.9 Å². The Balaban J connectivity index is 1.93. The zero-order chi connectivity index (χ0) is 20.4. The smallest absolute Gasteiger partial charge is 0.255 e. The van der Waals surface area contributed by atoms with Gasteiger partial charge >= 0.3 is 0 Å². The first kappa shape index (κ1) is 21.4. The van der Waals surface area contributed by atoms with E-state index in [1.165, 1.54) is 0 Å². The van der Waals surface area contributed by atoms with Gasteiger partial charge in [-0.05, 0) is 55.9 Å². The quantitative estimate of drug-likeness (QED) is 0.650. The summed E-state index contributed by atoms with van der Waals surface area (Å²) in [6.45, 7) is 6.32. The largest absolute Gasteiger partial charge is 0.495 e. The van der Waals surface area contributed by atoms with Crippen molar-refractivity contribution in [1.82, 2.24) is 4.90 Å².